The maximum atomic E-state index is 12.8. The van der Waals surface area contributed by atoms with Gasteiger partial charge in [0, 0.05) is 23.0 Å². The van der Waals surface area contributed by atoms with Crippen molar-refractivity contribution in [1.82, 2.24) is 0 Å². The summed E-state index contributed by atoms with van der Waals surface area (Å²) in [4.78, 5) is 25.5. The maximum absolute atomic E-state index is 12.8. The van der Waals surface area contributed by atoms with Gasteiger partial charge in [0.25, 0.3) is 0 Å². The van der Waals surface area contributed by atoms with E-state index in [1.807, 2.05) is 72.8 Å². The van der Waals surface area contributed by atoms with Crippen LogP contribution >= 0.6 is 0 Å². The molecular weight excluding hydrogens is 272 g/mol. The summed E-state index contributed by atoms with van der Waals surface area (Å²) in [5.41, 5.74) is 1.38. The second-order valence-electron chi connectivity index (χ2n) is 5.62. The molecule has 2 nitrogen and oxygen atoms in total. The van der Waals surface area contributed by atoms with E-state index in [1.54, 1.807) is 0 Å². The first kappa shape index (κ1) is 14.5. The highest BCUT2D eigenvalue weighted by atomic mass is 16.1. The number of benzene rings is 2. The third kappa shape index (κ3) is 2.91. The van der Waals surface area contributed by atoms with Crippen molar-refractivity contribution in [3.63, 3.8) is 0 Å². The third-order valence-corrected chi connectivity index (χ3v) is 4.22. The fraction of sp³-hybridized carbons (Fsp3) is 0.200. The van der Waals surface area contributed by atoms with Crippen molar-refractivity contribution in [1.29, 1.82) is 0 Å². The Kier molecular flexibility index (Phi) is 4.29. The quantitative estimate of drug-likeness (QED) is 0.620. The van der Waals surface area contributed by atoms with Crippen molar-refractivity contribution < 1.29 is 9.59 Å². The van der Waals surface area contributed by atoms with Gasteiger partial charge in [-0.05, 0) is 12.8 Å². The van der Waals surface area contributed by atoms with E-state index >= 15 is 0 Å². The van der Waals surface area contributed by atoms with Crippen molar-refractivity contribution in [3.8, 4) is 0 Å². The lowest BCUT2D eigenvalue weighted by Gasteiger charge is -2.26. The lowest BCUT2D eigenvalue weighted by molar-refractivity contribution is 0.0761. The SMILES string of the molecule is O=C(c1ccccc1)C1CC=CCC1C(=O)c1ccccc1. The molecule has 0 saturated carbocycles. The average Bonchev–Trinajstić information content (AvgIpc) is 2.62. The molecule has 0 spiro atoms. The summed E-state index contributed by atoms with van der Waals surface area (Å²) in [6.45, 7) is 0. The van der Waals surface area contributed by atoms with E-state index in [1.165, 1.54) is 0 Å². The minimum absolute atomic E-state index is 0.0687. The highest BCUT2D eigenvalue weighted by molar-refractivity contribution is 6.05. The molecular formula is C20H18O2. The number of hydrogen-bond acceptors (Lipinski definition) is 2. The third-order valence-electron chi connectivity index (χ3n) is 4.22. The molecule has 0 saturated heterocycles. The summed E-state index contributed by atoms with van der Waals surface area (Å²) in [6, 6.07) is 18.5. The number of carbonyl (C=O) groups is 2. The fourth-order valence-corrected chi connectivity index (χ4v) is 3.03. The fourth-order valence-electron chi connectivity index (χ4n) is 3.03. The zero-order valence-electron chi connectivity index (χ0n) is 12.3. The Morgan fingerprint density at radius 2 is 1.00 bits per heavy atom. The molecule has 3 rings (SSSR count). The Morgan fingerprint density at radius 3 is 1.36 bits per heavy atom. The second-order valence-corrected chi connectivity index (χ2v) is 5.62. The highest BCUT2D eigenvalue weighted by Crippen LogP contribution is 2.31. The molecule has 0 N–H and O–H groups in total. The Morgan fingerprint density at radius 1 is 0.636 bits per heavy atom. The first-order chi connectivity index (χ1) is 10.8. The van der Waals surface area contributed by atoms with Crippen LogP contribution in [0.3, 0.4) is 0 Å². The molecule has 0 heterocycles. The van der Waals surface area contributed by atoms with E-state index in [0.717, 1.165) is 0 Å². The van der Waals surface area contributed by atoms with Gasteiger partial charge in [-0.1, -0.05) is 72.8 Å². The van der Waals surface area contributed by atoms with Gasteiger partial charge in [0.15, 0.2) is 11.6 Å². The number of ketones is 2. The summed E-state index contributed by atoms with van der Waals surface area (Å²) in [5.74, 6) is -0.390. The molecule has 1 aliphatic rings. The van der Waals surface area contributed by atoms with Gasteiger partial charge in [-0.3, -0.25) is 9.59 Å². The van der Waals surface area contributed by atoms with Gasteiger partial charge in [0.2, 0.25) is 0 Å². The molecule has 0 bridgehead atoms. The molecule has 0 radical (unpaired) electrons. The number of carbonyl (C=O) groups excluding carboxylic acids is 2. The van der Waals surface area contributed by atoms with Crippen LogP contribution in [0, 0.1) is 11.8 Å². The summed E-state index contributed by atoms with van der Waals surface area (Å²) < 4.78 is 0. The predicted octanol–water partition coefficient (Wildman–Crippen LogP) is 4.33. The number of rotatable bonds is 4. The standard InChI is InChI=1S/C20H18O2/c21-19(15-9-3-1-4-10-15)17-13-7-8-14-18(17)20(22)16-11-5-2-6-12-16/h1-12,17-18H,13-14H2. The molecule has 2 aromatic carbocycles. The molecule has 0 amide bonds. The number of hydrogen-bond donors (Lipinski definition) is 0. The summed E-state index contributed by atoms with van der Waals surface area (Å²) in [7, 11) is 0. The van der Waals surface area contributed by atoms with E-state index in [2.05, 4.69) is 0 Å². The molecule has 22 heavy (non-hydrogen) atoms. The van der Waals surface area contributed by atoms with Gasteiger partial charge in [-0.25, -0.2) is 0 Å². The Hall–Kier alpha value is -2.48. The molecule has 2 atom stereocenters. The van der Waals surface area contributed by atoms with E-state index in [4.69, 9.17) is 0 Å². The van der Waals surface area contributed by atoms with Gasteiger partial charge in [-0.15, -0.1) is 0 Å². The van der Waals surface area contributed by atoms with E-state index in [-0.39, 0.29) is 23.4 Å². The summed E-state index contributed by atoms with van der Waals surface area (Å²) >= 11 is 0. The van der Waals surface area contributed by atoms with Crippen molar-refractivity contribution in [2.75, 3.05) is 0 Å². The zero-order valence-corrected chi connectivity index (χ0v) is 12.3. The predicted molar refractivity (Wildman–Crippen MR) is 86.9 cm³/mol. The van der Waals surface area contributed by atoms with Crippen LogP contribution in [-0.2, 0) is 0 Å². The van der Waals surface area contributed by atoms with Crippen LogP contribution in [0.5, 0.6) is 0 Å². The van der Waals surface area contributed by atoms with Crippen LogP contribution in [0.1, 0.15) is 33.6 Å². The summed E-state index contributed by atoms with van der Waals surface area (Å²) in [6.07, 6.45) is 5.30. The zero-order chi connectivity index (χ0) is 15.4. The molecule has 0 fully saturated rings. The van der Waals surface area contributed by atoms with Crippen LogP contribution < -0.4 is 0 Å². The Balaban J connectivity index is 1.88. The van der Waals surface area contributed by atoms with Crippen molar-refractivity contribution in [2.45, 2.75) is 12.8 Å². The number of allylic oxidation sites excluding steroid dienone is 2. The molecule has 2 aromatic rings. The van der Waals surface area contributed by atoms with Crippen LogP contribution in [0.15, 0.2) is 72.8 Å². The minimum atomic E-state index is -0.264. The van der Waals surface area contributed by atoms with Gasteiger partial charge in [0.05, 0.1) is 0 Å². The molecule has 0 aromatic heterocycles. The van der Waals surface area contributed by atoms with Crippen LogP contribution in [0.2, 0.25) is 0 Å². The average molecular weight is 290 g/mol. The first-order valence-corrected chi connectivity index (χ1v) is 7.61. The molecule has 0 aliphatic heterocycles. The second kappa shape index (κ2) is 6.52. The first-order valence-electron chi connectivity index (χ1n) is 7.61. The van der Waals surface area contributed by atoms with Crippen molar-refractivity contribution in [3.05, 3.63) is 83.9 Å². The largest absolute Gasteiger partial charge is 0.294 e. The van der Waals surface area contributed by atoms with Crippen LogP contribution in [0.4, 0.5) is 0 Å². The lowest BCUT2D eigenvalue weighted by atomic mass is 9.75. The molecule has 2 heteroatoms. The summed E-state index contributed by atoms with van der Waals surface area (Å²) in [5, 5.41) is 0. The smallest absolute Gasteiger partial charge is 0.166 e. The normalized spacial score (nSPS) is 20.5. The minimum Gasteiger partial charge on any atom is -0.294 e. The lowest BCUT2D eigenvalue weighted by Crippen LogP contribution is -2.31. The molecule has 2 unspecified atom stereocenters. The van der Waals surface area contributed by atoms with E-state index in [9.17, 15) is 9.59 Å². The highest BCUT2D eigenvalue weighted by Gasteiger charge is 2.34. The monoisotopic (exact) mass is 290 g/mol. The van der Waals surface area contributed by atoms with Gasteiger partial charge in [-0.2, -0.15) is 0 Å². The van der Waals surface area contributed by atoms with Gasteiger partial charge < -0.3 is 0 Å². The molecule has 110 valence electrons. The van der Waals surface area contributed by atoms with Crippen molar-refractivity contribution >= 4 is 11.6 Å². The Labute approximate surface area is 130 Å². The van der Waals surface area contributed by atoms with Crippen molar-refractivity contribution in [2.24, 2.45) is 11.8 Å². The van der Waals surface area contributed by atoms with Crippen LogP contribution in [0.25, 0.3) is 0 Å². The maximum Gasteiger partial charge on any atom is 0.166 e. The van der Waals surface area contributed by atoms with Crippen LogP contribution in [-0.4, -0.2) is 11.6 Å². The van der Waals surface area contributed by atoms with Gasteiger partial charge >= 0.3 is 0 Å². The Bertz CT molecular complexity index is 625. The van der Waals surface area contributed by atoms with Gasteiger partial charge in [0.1, 0.15) is 0 Å². The topological polar surface area (TPSA) is 34.1 Å². The number of Topliss-reactive ketones (excluding diaryl/α,β-unsaturated/α-hetero) is 2. The molecule has 1 aliphatic carbocycles. The van der Waals surface area contributed by atoms with E-state index < -0.39 is 0 Å². The van der Waals surface area contributed by atoms with E-state index in [0.29, 0.717) is 24.0 Å².